The number of hydrogen-bond acceptors (Lipinski definition) is 4. The molecule has 1 heterocycles. The number of halogens is 1. The van der Waals surface area contributed by atoms with Gasteiger partial charge < -0.3 is 4.90 Å². The van der Waals surface area contributed by atoms with E-state index in [0.717, 1.165) is 24.8 Å². The fourth-order valence-electron chi connectivity index (χ4n) is 3.63. The highest BCUT2D eigenvalue weighted by molar-refractivity contribution is 7.90. The summed E-state index contributed by atoms with van der Waals surface area (Å²) in [4.78, 5) is 27.4. The fourth-order valence-corrected chi connectivity index (χ4v) is 4.40. The standard InChI is InChI=1S/C18H23ClN2O4S/c1-3-26(24,25)20-15(22)17(2)11-12-21(17)16(23)18(9-4-10-18)13-5-7-14(19)8-6-13/h5-8H,3-4,9-12H2,1-2H3,(H,20,22). The molecule has 1 saturated carbocycles. The Labute approximate surface area is 158 Å². The fraction of sp³-hybridized carbons (Fsp3) is 0.556. The Morgan fingerprint density at radius 2 is 1.81 bits per heavy atom. The Hall–Kier alpha value is -1.60. The summed E-state index contributed by atoms with van der Waals surface area (Å²) in [5, 5.41) is 0.605. The first-order valence-electron chi connectivity index (χ1n) is 8.78. The minimum atomic E-state index is -3.66. The lowest BCUT2D eigenvalue weighted by Crippen LogP contribution is -2.71. The van der Waals surface area contributed by atoms with Crippen LogP contribution in [-0.4, -0.2) is 43.0 Å². The number of likely N-dealkylation sites (tertiary alicyclic amines) is 1. The molecular formula is C18H23ClN2O4S. The van der Waals surface area contributed by atoms with Crippen molar-refractivity contribution in [2.75, 3.05) is 12.3 Å². The monoisotopic (exact) mass is 398 g/mol. The number of rotatable bonds is 5. The third kappa shape index (κ3) is 3.01. The first-order valence-corrected chi connectivity index (χ1v) is 10.8. The molecule has 0 bridgehead atoms. The van der Waals surface area contributed by atoms with Gasteiger partial charge in [0.15, 0.2) is 0 Å². The molecule has 26 heavy (non-hydrogen) atoms. The van der Waals surface area contributed by atoms with E-state index >= 15 is 0 Å². The smallest absolute Gasteiger partial charge is 0.259 e. The number of nitrogens with zero attached hydrogens (tertiary/aromatic N) is 1. The molecule has 1 atom stereocenters. The van der Waals surface area contributed by atoms with Crippen molar-refractivity contribution < 1.29 is 18.0 Å². The van der Waals surface area contributed by atoms with Crippen molar-refractivity contribution in [3.63, 3.8) is 0 Å². The molecule has 1 unspecified atom stereocenters. The predicted molar refractivity (Wildman–Crippen MR) is 99.3 cm³/mol. The van der Waals surface area contributed by atoms with Crippen LogP contribution in [0.1, 0.15) is 45.1 Å². The van der Waals surface area contributed by atoms with Gasteiger partial charge in [0.25, 0.3) is 5.91 Å². The molecule has 1 aliphatic heterocycles. The summed E-state index contributed by atoms with van der Waals surface area (Å²) < 4.78 is 25.6. The van der Waals surface area contributed by atoms with Crippen molar-refractivity contribution >= 4 is 33.4 Å². The molecule has 6 nitrogen and oxygen atoms in total. The number of nitrogens with one attached hydrogen (secondary N) is 1. The van der Waals surface area contributed by atoms with Gasteiger partial charge in [-0.1, -0.05) is 30.2 Å². The molecule has 0 aromatic heterocycles. The average molecular weight is 399 g/mol. The van der Waals surface area contributed by atoms with Gasteiger partial charge in [0.1, 0.15) is 5.54 Å². The normalized spacial score (nSPS) is 24.3. The second-order valence-electron chi connectivity index (χ2n) is 7.26. The van der Waals surface area contributed by atoms with E-state index in [4.69, 9.17) is 11.6 Å². The molecule has 8 heteroatoms. The maximum Gasteiger partial charge on any atom is 0.259 e. The predicted octanol–water partition coefficient (Wildman–Crippen LogP) is 2.22. The Morgan fingerprint density at radius 1 is 1.19 bits per heavy atom. The molecule has 142 valence electrons. The molecule has 1 aromatic rings. The molecule has 1 N–H and O–H groups in total. The molecule has 1 aromatic carbocycles. The molecule has 3 rings (SSSR count). The van der Waals surface area contributed by atoms with Crippen molar-refractivity contribution in [1.82, 2.24) is 9.62 Å². The van der Waals surface area contributed by atoms with E-state index in [1.807, 2.05) is 12.1 Å². The van der Waals surface area contributed by atoms with Gasteiger partial charge in [-0.3, -0.25) is 14.3 Å². The average Bonchev–Trinajstić information content (AvgIpc) is 2.53. The van der Waals surface area contributed by atoms with Crippen LogP contribution in [0.3, 0.4) is 0 Å². The zero-order chi connectivity index (χ0) is 19.2. The Kier molecular flexibility index (Phi) is 4.82. The summed E-state index contributed by atoms with van der Waals surface area (Å²) in [5.74, 6) is -0.925. The van der Waals surface area contributed by atoms with E-state index in [9.17, 15) is 18.0 Å². The highest BCUT2D eigenvalue weighted by Crippen LogP contribution is 2.48. The number of carbonyl (C=O) groups is 2. The van der Waals surface area contributed by atoms with Crippen LogP contribution in [0, 0.1) is 0 Å². The van der Waals surface area contributed by atoms with Crippen LogP contribution in [0.15, 0.2) is 24.3 Å². The number of benzene rings is 1. The van der Waals surface area contributed by atoms with Crippen LogP contribution in [0.5, 0.6) is 0 Å². The summed E-state index contributed by atoms with van der Waals surface area (Å²) in [6, 6.07) is 7.25. The Morgan fingerprint density at radius 3 is 2.23 bits per heavy atom. The zero-order valence-electron chi connectivity index (χ0n) is 14.9. The van der Waals surface area contributed by atoms with Gasteiger partial charge in [0.2, 0.25) is 15.9 Å². The lowest BCUT2D eigenvalue weighted by molar-refractivity contribution is -0.163. The van der Waals surface area contributed by atoms with Crippen molar-refractivity contribution in [2.45, 2.75) is 50.5 Å². The summed E-state index contributed by atoms with van der Waals surface area (Å²) in [7, 11) is -3.66. The van der Waals surface area contributed by atoms with Crippen LogP contribution in [0.25, 0.3) is 0 Å². The number of hydrogen-bond donors (Lipinski definition) is 1. The van der Waals surface area contributed by atoms with Crippen molar-refractivity contribution in [1.29, 1.82) is 0 Å². The molecule has 0 spiro atoms. The van der Waals surface area contributed by atoms with Crippen LogP contribution in [0.2, 0.25) is 5.02 Å². The summed E-state index contributed by atoms with van der Waals surface area (Å²) in [5.41, 5.74) is -0.876. The zero-order valence-corrected chi connectivity index (χ0v) is 16.5. The molecule has 2 fully saturated rings. The number of amides is 2. The highest BCUT2D eigenvalue weighted by Gasteiger charge is 2.57. The lowest BCUT2D eigenvalue weighted by Gasteiger charge is -2.54. The van der Waals surface area contributed by atoms with Gasteiger partial charge in [-0.25, -0.2) is 8.42 Å². The minimum Gasteiger partial charge on any atom is -0.327 e. The van der Waals surface area contributed by atoms with Crippen LogP contribution < -0.4 is 4.72 Å². The third-order valence-corrected chi connectivity index (χ3v) is 7.30. The Balaban J connectivity index is 1.85. The molecule has 0 radical (unpaired) electrons. The molecule has 2 aliphatic rings. The third-order valence-electron chi connectivity index (χ3n) is 5.79. The van der Waals surface area contributed by atoms with E-state index < -0.39 is 26.9 Å². The number of sulfonamides is 1. The SMILES string of the molecule is CCS(=O)(=O)NC(=O)C1(C)CCN1C(=O)C1(c2ccc(Cl)cc2)CCC1. The van der Waals surface area contributed by atoms with Crippen molar-refractivity contribution in [3.8, 4) is 0 Å². The second kappa shape index (κ2) is 6.53. The summed E-state index contributed by atoms with van der Waals surface area (Å²) in [6.45, 7) is 3.54. The first-order chi connectivity index (χ1) is 12.1. The quantitative estimate of drug-likeness (QED) is 0.824. The van der Waals surface area contributed by atoms with Crippen LogP contribution >= 0.6 is 11.6 Å². The van der Waals surface area contributed by atoms with Crippen LogP contribution in [0.4, 0.5) is 0 Å². The van der Waals surface area contributed by atoms with Gasteiger partial charge in [-0.2, -0.15) is 0 Å². The van der Waals surface area contributed by atoms with E-state index in [1.54, 1.807) is 19.1 Å². The first kappa shape index (κ1) is 19.2. The van der Waals surface area contributed by atoms with E-state index in [-0.39, 0.29) is 11.7 Å². The topological polar surface area (TPSA) is 83.6 Å². The maximum atomic E-state index is 13.3. The van der Waals surface area contributed by atoms with Crippen molar-refractivity contribution in [3.05, 3.63) is 34.9 Å². The van der Waals surface area contributed by atoms with E-state index in [1.165, 1.54) is 11.8 Å². The molecule has 2 amide bonds. The van der Waals surface area contributed by atoms with Gasteiger partial charge >= 0.3 is 0 Å². The molecular weight excluding hydrogens is 376 g/mol. The molecule has 1 saturated heterocycles. The number of carbonyl (C=O) groups excluding carboxylic acids is 2. The maximum absolute atomic E-state index is 13.3. The summed E-state index contributed by atoms with van der Waals surface area (Å²) in [6.07, 6.45) is 2.82. The van der Waals surface area contributed by atoms with Gasteiger partial charge in [0, 0.05) is 11.6 Å². The van der Waals surface area contributed by atoms with Crippen molar-refractivity contribution in [2.24, 2.45) is 0 Å². The van der Waals surface area contributed by atoms with E-state index in [0.29, 0.717) is 18.0 Å². The van der Waals surface area contributed by atoms with Gasteiger partial charge in [0.05, 0.1) is 11.2 Å². The van der Waals surface area contributed by atoms with Gasteiger partial charge in [-0.15, -0.1) is 0 Å². The summed E-state index contributed by atoms with van der Waals surface area (Å²) >= 11 is 5.96. The minimum absolute atomic E-state index is 0.108. The largest absolute Gasteiger partial charge is 0.327 e. The van der Waals surface area contributed by atoms with E-state index in [2.05, 4.69) is 4.72 Å². The lowest BCUT2D eigenvalue weighted by atomic mass is 9.62. The second-order valence-corrected chi connectivity index (χ2v) is 9.71. The van der Waals surface area contributed by atoms with Crippen LogP contribution in [-0.2, 0) is 25.0 Å². The highest BCUT2D eigenvalue weighted by atomic mass is 35.5. The molecule has 1 aliphatic carbocycles. The Bertz CT molecular complexity index is 833. The van der Waals surface area contributed by atoms with Gasteiger partial charge in [-0.05, 0) is 50.8 Å².